The van der Waals surface area contributed by atoms with Crippen molar-refractivity contribution >= 4 is 33.4 Å². The number of nitrogens with zero attached hydrogens (tertiary/aromatic N) is 3. The van der Waals surface area contributed by atoms with E-state index in [0.717, 1.165) is 31.2 Å². The number of hydrogen-bond acceptors (Lipinski definition) is 5. The van der Waals surface area contributed by atoms with E-state index in [-0.39, 0.29) is 42.3 Å². The maximum Gasteiger partial charge on any atom is 0.332 e. The first-order valence-electron chi connectivity index (χ1n) is 13.4. The molecular formula is C28H35FN4O4S. The Labute approximate surface area is 225 Å². The van der Waals surface area contributed by atoms with Crippen LogP contribution < -0.4 is 16.6 Å². The van der Waals surface area contributed by atoms with Gasteiger partial charge >= 0.3 is 5.69 Å². The molecule has 2 aromatic heterocycles. The maximum absolute atomic E-state index is 13.4. The molecule has 0 radical (unpaired) electrons. The van der Waals surface area contributed by atoms with E-state index in [1.807, 2.05) is 4.90 Å². The Bertz CT molecular complexity index is 1380. The van der Waals surface area contributed by atoms with E-state index in [2.05, 4.69) is 12.2 Å². The van der Waals surface area contributed by atoms with Crippen LogP contribution in [0.4, 0.5) is 4.39 Å². The fraction of sp³-hybridized carbons (Fsp3) is 0.500. The number of piperidine rings is 1. The quantitative estimate of drug-likeness (QED) is 0.370. The van der Waals surface area contributed by atoms with Crippen molar-refractivity contribution in [3.05, 3.63) is 67.9 Å². The Morgan fingerprint density at radius 3 is 2.61 bits per heavy atom. The van der Waals surface area contributed by atoms with Gasteiger partial charge in [0.05, 0.1) is 5.52 Å². The first-order chi connectivity index (χ1) is 18.4. The Morgan fingerprint density at radius 2 is 1.84 bits per heavy atom. The molecule has 1 aliphatic rings. The Hall–Kier alpha value is -3.27. The molecule has 204 valence electrons. The molecular weight excluding hydrogens is 507 g/mol. The number of thiophene rings is 1. The summed E-state index contributed by atoms with van der Waals surface area (Å²) in [6.45, 7) is 3.28. The summed E-state index contributed by atoms with van der Waals surface area (Å²) in [5, 5.41) is 4.59. The second-order valence-electron chi connectivity index (χ2n) is 9.82. The molecule has 0 spiro atoms. The molecule has 0 bridgehead atoms. The lowest BCUT2D eigenvalue weighted by Crippen LogP contribution is -2.47. The Kier molecular flexibility index (Phi) is 9.49. The molecule has 0 unspecified atom stereocenters. The highest BCUT2D eigenvalue weighted by Gasteiger charge is 2.26. The smallest absolute Gasteiger partial charge is 0.332 e. The average Bonchev–Trinajstić information content (AvgIpc) is 3.42. The average molecular weight is 543 g/mol. The molecule has 1 N–H and O–H groups in total. The molecule has 1 fully saturated rings. The molecule has 2 amide bonds. The highest BCUT2D eigenvalue weighted by molar-refractivity contribution is 7.17. The molecule has 4 rings (SSSR count). The summed E-state index contributed by atoms with van der Waals surface area (Å²) < 4.78 is 16.1. The summed E-state index contributed by atoms with van der Waals surface area (Å²) in [4.78, 5) is 53.6. The van der Waals surface area contributed by atoms with Gasteiger partial charge in [-0.3, -0.25) is 23.5 Å². The third kappa shape index (κ3) is 6.59. The number of halogens is 1. The van der Waals surface area contributed by atoms with Gasteiger partial charge in [0.1, 0.15) is 17.1 Å². The van der Waals surface area contributed by atoms with Crippen molar-refractivity contribution < 1.29 is 14.0 Å². The Balaban J connectivity index is 1.35. The SMILES string of the molecule is CC[C@H]1CCCCN1C(=O)Cn1c(=O)n(CCCCCC(=O)NCc2ccc(F)cc2)c(=O)c2sccc21. The van der Waals surface area contributed by atoms with Crippen molar-refractivity contribution in [1.29, 1.82) is 0 Å². The van der Waals surface area contributed by atoms with Crippen molar-refractivity contribution in [2.24, 2.45) is 0 Å². The number of amides is 2. The van der Waals surface area contributed by atoms with E-state index in [1.54, 1.807) is 23.6 Å². The van der Waals surface area contributed by atoms with Crippen LogP contribution >= 0.6 is 11.3 Å². The van der Waals surface area contributed by atoms with Crippen molar-refractivity contribution in [3.63, 3.8) is 0 Å². The lowest BCUT2D eigenvalue weighted by atomic mass is 10.00. The monoisotopic (exact) mass is 542 g/mol. The molecule has 1 saturated heterocycles. The predicted octanol–water partition coefficient (Wildman–Crippen LogP) is 4.03. The number of carbonyl (C=O) groups is 2. The van der Waals surface area contributed by atoms with Crippen LogP contribution in [-0.2, 0) is 29.2 Å². The van der Waals surface area contributed by atoms with Gasteiger partial charge in [-0.2, -0.15) is 0 Å². The second-order valence-corrected chi connectivity index (χ2v) is 10.7. The van der Waals surface area contributed by atoms with Crippen LogP contribution in [0.15, 0.2) is 45.3 Å². The highest BCUT2D eigenvalue weighted by Crippen LogP contribution is 2.21. The van der Waals surface area contributed by atoms with Crippen LogP contribution in [0.3, 0.4) is 0 Å². The van der Waals surface area contributed by atoms with E-state index in [4.69, 9.17) is 0 Å². The molecule has 8 nitrogen and oxygen atoms in total. The predicted molar refractivity (Wildman–Crippen MR) is 147 cm³/mol. The van der Waals surface area contributed by atoms with E-state index in [9.17, 15) is 23.6 Å². The number of nitrogens with one attached hydrogen (secondary N) is 1. The summed E-state index contributed by atoms with van der Waals surface area (Å²) in [7, 11) is 0. The van der Waals surface area contributed by atoms with Crippen LogP contribution in [-0.4, -0.2) is 38.4 Å². The van der Waals surface area contributed by atoms with Gasteiger partial charge in [0.2, 0.25) is 11.8 Å². The number of unbranched alkanes of at least 4 members (excludes halogenated alkanes) is 2. The third-order valence-corrected chi connectivity index (χ3v) is 8.13. The topological polar surface area (TPSA) is 93.4 Å². The van der Waals surface area contributed by atoms with Crippen molar-refractivity contribution in [2.45, 2.75) is 84.0 Å². The number of aromatic nitrogens is 2. The first-order valence-corrected chi connectivity index (χ1v) is 14.3. The third-order valence-electron chi connectivity index (χ3n) is 7.24. The number of benzene rings is 1. The summed E-state index contributed by atoms with van der Waals surface area (Å²) in [5.74, 6) is -0.499. The lowest BCUT2D eigenvalue weighted by molar-refractivity contribution is -0.135. The standard InChI is InChI=1S/C28H35FN4O4S/c1-2-22-8-5-7-15-31(22)25(35)19-33-23-14-17-38-26(23)27(36)32(28(33)37)16-6-3-4-9-24(34)30-18-20-10-12-21(29)13-11-20/h10-14,17,22H,2-9,15-16,18-19H2,1H3,(H,30,34)/t22-/m0/s1. The minimum Gasteiger partial charge on any atom is -0.352 e. The van der Waals surface area contributed by atoms with Gasteiger partial charge < -0.3 is 10.2 Å². The van der Waals surface area contributed by atoms with Gasteiger partial charge in [-0.05, 0) is 67.7 Å². The summed E-state index contributed by atoms with van der Waals surface area (Å²) in [6, 6.07) is 7.91. The van der Waals surface area contributed by atoms with Crippen LogP contribution in [0.5, 0.6) is 0 Å². The molecule has 1 aromatic carbocycles. The van der Waals surface area contributed by atoms with E-state index < -0.39 is 5.69 Å². The van der Waals surface area contributed by atoms with E-state index in [0.29, 0.717) is 49.0 Å². The summed E-state index contributed by atoms with van der Waals surface area (Å²) in [5.41, 5.74) is 0.544. The highest BCUT2D eigenvalue weighted by atomic mass is 32.1. The molecule has 0 aliphatic carbocycles. The van der Waals surface area contributed by atoms with Crippen molar-refractivity contribution in [1.82, 2.24) is 19.4 Å². The van der Waals surface area contributed by atoms with Gasteiger partial charge in [0.15, 0.2) is 0 Å². The second kappa shape index (κ2) is 13.0. The van der Waals surface area contributed by atoms with Crippen LogP contribution in [0, 0.1) is 5.82 Å². The number of likely N-dealkylation sites (tertiary alicyclic amines) is 1. The largest absolute Gasteiger partial charge is 0.352 e. The van der Waals surface area contributed by atoms with Crippen molar-refractivity contribution in [2.75, 3.05) is 6.54 Å². The fourth-order valence-electron chi connectivity index (χ4n) is 5.09. The lowest BCUT2D eigenvalue weighted by Gasteiger charge is -2.35. The zero-order valence-electron chi connectivity index (χ0n) is 21.8. The van der Waals surface area contributed by atoms with Gasteiger partial charge in [-0.1, -0.05) is 25.5 Å². The van der Waals surface area contributed by atoms with Crippen LogP contribution in [0.2, 0.25) is 0 Å². The first kappa shape index (κ1) is 27.8. The fourth-order valence-corrected chi connectivity index (χ4v) is 5.93. The van der Waals surface area contributed by atoms with Gasteiger partial charge in [0, 0.05) is 32.1 Å². The minimum absolute atomic E-state index is 0.0723. The molecule has 1 atom stereocenters. The maximum atomic E-state index is 13.4. The summed E-state index contributed by atoms with van der Waals surface area (Å²) >= 11 is 1.28. The molecule has 1 aliphatic heterocycles. The van der Waals surface area contributed by atoms with E-state index >= 15 is 0 Å². The minimum atomic E-state index is -0.462. The molecule has 3 aromatic rings. The zero-order valence-corrected chi connectivity index (χ0v) is 22.6. The molecule has 10 heteroatoms. The number of rotatable bonds is 11. The van der Waals surface area contributed by atoms with Crippen LogP contribution in [0.25, 0.3) is 10.2 Å². The van der Waals surface area contributed by atoms with Gasteiger partial charge in [-0.25, -0.2) is 9.18 Å². The zero-order chi connectivity index (χ0) is 27.1. The normalized spacial score (nSPS) is 15.6. The number of fused-ring (bicyclic) bond motifs is 1. The number of carbonyl (C=O) groups excluding carboxylic acids is 2. The van der Waals surface area contributed by atoms with Gasteiger partial charge in [-0.15, -0.1) is 11.3 Å². The van der Waals surface area contributed by atoms with E-state index in [1.165, 1.54) is 32.6 Å². The molecule has 38 heavy (non-hydrogen) atoms. The molecule has 0 saturated carbocycles. The van der Waals surface area contributed by atoms with Crippen LogP contribution in [0.1, 0.15) is 63.9 Å². The summed E-state index contributed by atoms with van der Waals surface area (Å²) in [6.07, 6.45) is 6.12. The number of hydrogen-bond donors (Lipinski definition) is 1. The van der Waals surface area contributed by atoms with Crippen molar-refractivity contribution in [3.8, 4) is 0 Å². The Morgan fingerprint density at radius 1 is 1.05 bits per heavy atom. The van der Waals surface area contributed by atoms with Gasteiger partial charge in [0.25, 0.3) is 5.56 Å². The molecule has 3 heterocycles.